The Labute approximate surface area is 679 Å². The summed E-state index contributed by atoms with van der Waals surface area (Å²) in [5, 5.41) is 26.9. The Morgan fingerprint density at radius 3 is 1.06 bits per heavy atom. The van der Waals surface area contributed by atoms with Gasteiger partial charge in [0.1, 0.15) is 18.6 Å². The van der Waals surface area contributed by atoms with Crippen molar-refractivity contribution in [2.24, 2.45) is 28.2 Å². The van der Waals surface area contributed by atoms with Crippen molar-refractivity contribution in [2.45, 2.75) is 428 Å². The minimum Gasteiger partial charge on any atom is -0.445 e. The van der Waals surface area contributed by atoms with Crippen molar-refractivity contribution in [1.29, 1.82) is 0 Å². The van der Waals surface area contributed by atoms with Crippen LogP contribution in [0.1, 0.15) is 427 Å². The Hall–Kier alpha value is -5.27. The molecule has 0 bridgehead atoms. The van der Waals surface area contributed by atoms with Crippen molar-refractivity contribution in [1.82, 2.24) is 63.8 Å². The average molecular weight is 1570 g/mol. The van der Waals surface area contributed by atoms with E-state index in [1.807, 2.05) is 67.4 Å². The quantitative estimate of drug-likeness (QED) is 0.143. The van der Waals surface area contributed by atoms with Gasteiger partial charge in [0.25, 0.3) is 0 Å². The fourth-order valence-corrected chi connectivity index (χ4v) is 16.6. The van der Waals surface area contributed by atoms with Crippen molar-refractivity contribution in [2.75, 3.05) is 0 Å². The fourth-order valence-electron chi connectivity index (χ4n) is 13.3. The molecule has 19 heteroatoms. The molecule has 0 atom stereocenters. The van der Waals surface area contributed by atoms with E-state index in [9.17, 15) is 0 Å². The zero-order chi connectivity index (χ0) is 86.6. The maximum atomic E-state index is 5.59. The number of aromatic nitrogens is 14. The van der Waals surface area contributed by atoms with Gasteiger partial charge >= 0.3 is 0 Å². The number of hydrogen-bond acceptors (Lipinski definition) is 15. The highest BCUT2D eigenvalue weighted by atomic mass is 32.1. The summed E-state index contributed by atoms with van der Waals surface area (Å²) in [7, 11) is 8.07. The van der Waals surface area contributed by atoms with Gasteiger partial charge in [-0.05, 0) is 101 Å². The van der Waals surface area contributed by atoms with Crippen LogP contribution in [0, 0.1) is 41.5 Å². The Balaban J connectivity index is 0.000000624. The number of nitrogens with zero attached hydrogens (tertiary/aromatic N) is 14. The van der Waals surface area contributed by atoms with E-state index in [4.69, 9.17) is 8.94 Å². The summed E-state index contributed by atoms with van der Waals surface area (Å²) in [5.41, 5.74) is 19.2. The molecule has 0 aliphatic carbocycles. The second-order valence-electron chi connectivity index (χ2n) is 44.8. The highest BCUT2D eigenvalue weighted by Gasteiger charge is 2.40. The van der Waals surface area contributed by atoms with Crippen LogP contribution in [0.3, 0.4) is 0 Å². The first kappa shape index (κ1) is 102. The highest BCUT2D eigenvalue weighted by molar-refractivity contribution is 7.11. The zero-order valence-corrected chi connectivity index (χ0v) is 82.8. The minimum atomic E-state index is 0.0663. The summed E-state index contributed by atoms with van der Waals surface area (Å²) < 4.78 is 25.3. The van der Waals surface area contributed by atoms with Crippen LogP contribution in [0.5, 0.6) is 0 Å². The molecule has 0 amide bonds. The third kappa shape index (κ3) is 29.6. The molecule has 8 aromatic rings. The second kappa shape index (κ2) is 36.0. The van der Waals surface area contributed by atoms with E-state index in [-0.39, 0.29) is 75.8 Å². The summed E-state index contributed by atoms with van der Waals surface area (Å²) in [6, 6.07) is 0. The average Bonchev–Trinajstić information content (AvgIpc) is 1.64. The van der Waals surface area contributed by atoms with Gasteiger partial charge in [-0.25, -0.2) is 9.97 Å². The molecule has 0 unspecified atom stereocenters. The highest BCUT2D eigenvalue weighted by Crippen LogP contribution is 2.42. The summed E-state index contributed by atoms with van der Waals surface area (Å²) in [6.45, 7) is 110. The maximum absolute atomic E-state index is 5.59. The van der Waals surface area contributed by atoms with E-state index in [2.05, 4.69) is 387 Å². The number of oxazole rings is 1. The molecule has 8 aromatic heterocycles. The molecule has 0 saturated carbocycles. The zero-order valence-electron chi connectivity index (χ0n) is 80.4. The lowest BCUT2D eigenvalue weighted by atomic mass is 9.78. The summed E-state index contributed by atoms with van der Waals surface area (Å²) in [6.07, 6.45) is 0. The van der Waals surface area contributed by atoms with E-state index >= 15 is 0 Å². The molecule has 0 spiro atoms. The Morgan fingerprint density at radius 1 is 0.367 bits per heavy atom. The first-order valence-corrected chi connectivity index (χ1v) is 41.9. The Bertz CT molecular complexity index is 3910. The van der Waals surface area contributed by atoms with Crippen LogP contribution >= 0.6 is 34.4 Å². The number of aryl methyl sites for hydroxylation is 9. The molecule has 16 nitrogen and oxygen atoms in total. The van der Waals surface area contributed by atoms with E-state index in [0.29, 0.717) is 5.92 Å². The molecule has 0 aliphatic rings. The van der Waals surface area contributed by atoms with E-state index < -0.39 is 0 Å². The molecule has 8 rings (SSSR count). The van der Waals surface area contributed by atoms with Crippen LogP contribution in [0.4, 0.5) is 0 Å². The molecule has 0 saturated heterocycles. The lowest BCUT2D eigenvalue weighted by Gasteiger charge is -2.27. The Kier molecular flexibility index (Phi) is 33.6. The number of thiazole rings is 1. The molecule has 622 valence electrons. The van der Waals surface area contributed by atoms with Gasteiger partial charge < -0.3 is 8.94 Å². The lowest BCUT2D eigenvalue weighted by molar-refractivity contribution is -0.764. The van der Waals surface area contributed by atoms with Gasteiger partial charge in [0.05, 0.1) is 62.5 Å². The van der Waals surface area contributed by atoms with Gasteiger partial charge in [-0.3, -0.25) is 9.36 Å². The van der Waals surface area contributed by atoms with Gasteiger partial charge in [-0.1, -0.05) is 320 Å². The van der Waals surface area contributed by atoms with Crippen LogP contribution in [0.15, 0.2) is 8.94 Å². The monoisotopic (exact) mass is 1570 g/mol. The first-order valence-electron chi connectivity index (χ1n) is 39.6. The van der Waals surface area contributed by atoms with Gasteiger partial charge in [0.15, 0.2) is 11.6 Å². The van der Waals surface area contributed by atoms with Crippen LogP contribution in [0.2, 0.25) is 0 Å². The van der Waals surface area contributed by atoms with Crippen LogP contribution < -0.4 is 4.68 Å². The number of hydrogen-bond donors (Lipinski definition) is 0. The molecule has 8 heterocycles. The van der Waals surface area contributed by atoms with Crippen molar-refractivity contribution in [3.8, 4) is 0 Å². The van der Waals surface area contributed by atoms with Gasteiger partial charge in [0, 0.05) is 102 Å². The summed E-state index contributed by atoms with van der Waals surface area (Å²) in [4.78, 5) is 15.2. The first-order chi connectivity index (χ1) is 48.0. The van der Waals surface area contributed by atoms with Crippen LogP contribution in [-0.4, -0.2) is 63.8 Å². The Morgan fingerprint density at radius 2 is 0.789 bits per heavy atom. The molecule has 0 N–H and O–H groups in total. The van der Waals surface area contributed by atoms with E-state index in [0.717, 1.165) is 45.9 Å². The summed E-state index contributed by atoms with van der Waals surface area (Å²) in [5.74, 6) is 3.16. The van der Waals surface area contributed by atoms with Crippen LogP contribution in [0.25, 0.3) is 0 Å². The molecule has 0 fully saturated rings. The predicted octanol–water partition coefficient (Wildman–Crippen LogP) is 24.8. The molecule has 0 aliphatic heterocycles. The molecule has 0 aromatic carbocycles. The third-order valence-electron chi connectivity index (χ3n) is 17.7. The topological polar surface area (TPSA) is 174 Å². The smallest absolute Gasteiger partial charge is 0.227 e. The lowest BCUT2D eigenvalue weighted by Crippen LogP contribution is -2.45. The normalized spacial score (nSPS) is 13.1. The standard InChI is InChI=1S/C13H24N2.C12H24N3.2C12H21NS.C11H21N3.C11H19NO.C10H18N2S.C9H15NO/c1-9-10(12(2,3)4)11(13(5,6)7)15(8)14-9;1-11(2,3)9-10(12(4,5)6)14(7)15(8)13-9;1-8-13-9(11(2,3)4)10(14-8)12(5,6)7;1-8-9(11(2,3)4)10(14-13-8)12(5,6)7;1-10(2,3)8-9(11(4,5)6)14(7)13-12-8;1-7(2)9-10(11(4,5)6)12-8(3)13-9;1-9(2,3)7-8(10(4,5)6)13-12-11-7;1-6-8(9(3,4)5)7(2)11-10-6/h2*1-8H3;3*1-7H3;7H,1-6H3;1-6H3;1-5H3/q;+1;;;;;;. The van der Waals surface area contributed by atoms with Gasteiger partial charge in [-0.2, -0.15) is 14.2 Å². The molecular formula is C90H163N14O2S3+. The summed E-state index contributed by atoms with van der Waals surface area (Å²) >= 11 is 5.02. The van der Waals surface area contributed by atoms with Crippen molar-refractivity contribution < 1.29 is 13.6 Å². The van der Waals surface area contributed by atoms with Crippen molar-refractivity contribution in [3.63, 3.8) is 0 Å². The van der Waals surface area contributed by atoms with E-state index in [1.54, 1.807) is 11.5 Å². The fraction of sp³-hybridized carbons (Fsp3) is 0.767. The maximum Gasteiger partial charge on any atom is 0.227 e. The molecule has 109 heavy (non-hydrogen) atoms. The van der Waals surface area contributed by atoms with Crippen LogP contribution in [-0.2, 0) is 104 Å². The van der Waals surface area contributed by atoms with Crippen molar-refractivity contribution in [3.05, 3.63) is 116 Å². The molecule has 0 radical (unpaired) electrons. The van der Waals surface area contributed by atoms with Gasteiger partial charge in [-0.15, -0.1) is 21.5 Å². The SMILES string of the molecule is CC(C)(C)c1nnsc1C(C)(C)C.Cc1nc(C(C)(C)C)c(C(C)(C)C)s1.Cc1nc(C(C)(C)C)c(C(C)C)o1.Cc1nn(C)c(C(C)(C)C)c1C(C)(C)C.Cc1noc(C)c1C(C)(C)C.Cc1nsc(C(C)(C)C)c1C(C)(C)C.Cn1nc(C(C)(C)C)c(C(C)(C)C)[n+]1C.Cn1nnc(C(C)(C)C)c1C(C)(C)C. The largest absolute Gasteiger partial charge is 0.445 e. The van der Waals surface area contributed by atoms with Crippen molar-refractivity contribution >= 4 is 34.4 Å². The van der Waals surface area contributed by atoms with Gasteiger partial charge in [0.2, 0.25) is 5.69 Å². The third-order valence-corrected chi connectivity index (χ3v) is 21.6. The minimum absolute atomic E-state index is 0.0663. The van der Waals surface area contributed by atoms with E-state index in [1.165, 1.54) is 82.0 Å². The predicted molar refractivity (Wildman–Crippen MR) is 470 cm³/mol. The second-order valence-corrected chi connectivity index (χ2v) is 47.5. The number of rotatable bonds is 1. The molecular weight excluding hydrogens is 1410 g/mol.